The van der Waals surface area contributed by atoms with Gasteiger partial charge in [0.05, 0.1) is 21.3 Å². The lowest BCUT2D eigenvalue weighted by Crippen LogP contribution is -2.22. The van der Waals surface area contributed by atoms with Gasteiger partial charge in [-0.2, -0.15) is 23.5 Å². The highest BCUT2D eigenvalue weighted by Gasteiger charge is 2.36. The van der Waals surface area contributed by atoms with Gasteiger partial charge >= 0.3 is 6.18 Å². The predicted molar refractivity (Wildman–Crippen MR) is 80.7 cm³/mol. The normalized spacial score (nSPS) is 15.2. The summed E-state index contributed by atoms with van der Waals surface area (Å²) >= 11 is 12.0. The van der Waals surface area contributed by atoms with Crippen LogP contribution in [0.25, 0.3) is 11.3 Å². The summed E-state index contributed by atoms with van der Waals surface area (Å²) in [6.45, 7) is 0. The molecule has 3 rings (SSSR count). The topological polar surface area (TPSA) is 69.5 Å². The van der Waals surface area contributed by atoms with Crippen molar-refractivity contribution in [2.24, 2.45) is 0 Å². The molecule has 1 heterocycles. The van der Waals surface area contributed by atoms with Gasteiger partial charge in [-0.1, -0.05) is 23.2 Å². The number of carbonyl (C=O) groups excluding carboxylic acids is 1. The van der Waals surface area contributed by atoms with Crippen LogP contribution < -0.4 is 0 Å². The molecule has 0 saturated heterocycles. The molecule has 124 valence electrons. The second-order valence-corrected chi connectivity index (χ2v) is 6.24. The van der Waals surface area contributed by atoms with Gasteiger partial charge in [-0.15, -0.1) is 0 Å². The van der Waals surface area contributed by atoms with E-state index in [9.17, 15) is 23.2 Å². The SMILES string of the molecule is N#Cc1n[nH]c(-c2c(Cl)cc(C(F)(F)F)cc2Cl)c1C1CC(=O)C1. The largest absolute Gasteiger partial charge is 0.416 e. The van der Waals surface area contributed by atoms with E-state index >= 15 is 0 Å². The van der Waals surface area contributed by atoms with E-state index in [4.69, 9.17) is 23.2 Å². The Balaban J connectivity index is 2.15. The zero-order valence-corrected chi connectivity index (χ0v) is 13.4. The molecule has 1 saturated carbocycles. The summed E-state index contributed by atoms with van der Waals surface area (Å²) < 4.78 is 38.5. The highest BCUT2D eigenvalue weighted by atomic mass is 35.5. The lowest BCUT2D eigenvalue weighted by Gasteiger charge is -2.25. The fourth-order valence-electron chi connectivity index (χ4n) is 2.69. The van der Waals surface area contributed by atoms with E-state index in [0.717, 1.165) is 12.1 Å². The summed E-state index contributed by atoms with van der Waals surface area (Å²) in [5, 5.41) is 15.2. The number of alkyl halides is 3. The third-order valence-electron chi connectivity index (χ3n) is 3.89. The van der Waals surface area contributed by atoms with Crippen LogP contribution >= 0.6 is 23.2 Å². The fourth-order valence-corrected chi connectivity index (χ4v) is 3.37. The third-order valence-corrected chi connectivity index (χ3v) is 4.48. The molecule has 1 aliphatic rings. The van der Waals surface area contributed by atoms with Crippen LogP contribution in [-0.2, 0) is 11.0 Å². The van der Waals surface area contributed by atoms with Crippen molar-refractivity contribution in [1.29, 1.82) is 5.26 Å². The van der Waals surface area contributed by atoms with Crippen molar-refractivity contribution in [3.63, 3.8) is 0 Å². The van der Waals surface area contributed by atoms with Gasteiger partial charge in [-0.3, -0.25) is 9.89 Å². The molecule has 0 radical (unpaired) electrons. The number of aromatic nitrogens is 2. The molecule has 1 fully saturated rings. The van der Waals surface area contributed by atoms with Gasteiger partial charge < -0.3 is 0 Å². The van der Waals surface area contributed by atoms with Crippen LogP contribution in [-0.4, -0.2) is 16.0 Å². The molecule has 2 aromatic rings. The van der Waals surface area contributed by atoms with E-state index < -0.39 is 11.7 Å². The zero-order valence-electron chi connectivity index (χ0n) is 11.8. The van der Waals surface area contributed by atoms with Crippen LogP contribution in [0.3, 0.4) is 0 Å². The second kappa shape index (κ2) is 5.80. The Morgan fingerprint density at radius 2 is 1.83 bits per heavy atom. The number of ketones is 1. The van der Waals surface area contributed by atoms with Crippen LogP contribution in [0.2, 0.25) is 10.0 Å². The van der Waals surface area contributed by atoms with Crippen LogP contribution in [0.4, 0.5) is 13.2 Å². The standard InChI is InChI=1S/C15H8Cl2F3N3O/c16-9-3-7(15(18,19)20)4-10(17)13(9)14-12(6-1-8(24)2-6)11(5-21)22-23-14/h3-4,6H,1-2H2,(H,22,23). The number of benzene rings is 1. The smallest absolute Gasteiger partial charge is 0.300 e. The van der Waals surface area contributed by atoms with Gasteiger partial charge in [-0.25, -0.2) is 0 Å². The van der Waals surface area contributed by atoms with Gasteiger partial charge in [0.1, 0.15) is 11.9 Å². The maximum atomic E-state index is 12.8. The van der Waals surface area contributed by atoms with Crippen molar-refractivity contribution in [2.75, 3.05) is 0 Å². The third kappa shape index (κ3) is 2.76. The number of nitriles is 1. The minimum atomic E-state index is -4.58. The minimum absolute atomic E-state index is 0.0423. The number of Topliss-reactive ketones (excluding diaryl/α,β-unsaturated/α-hetero) is 1. The average molecular weight is 374 g/mol. The van der Waals surface area contributed by atoms with E-state index in [1.807, 2.05) is 6.07 Å². The van der Waals surface area contributed by atoms with Gasteiger partial charge in [0.25, 0.3) is 0 Å². The monoisotopic (exact) mass is 373 g/mol. The number of hydrogen-bond donors (Lipinski definition) is 1. The predicted octanol–water partition coefficient (Wildman–Crippen LogP) is 4.72. The summed E-state index contributed by atoms with van der Waals surface area (Å²) in [7, 11) is 0. The molecule has 1 aromatic carbocycles. The van der Waals surface area contributed by atoms with Crippen LogP contribution in [0.5, 0.6) is 0 Å². The first-order valence-electron chi connectivity index (χ1n) is 6.79. The summed E-state index contributed by atoms with van der Waals surface area (Å²) in [6.07, 6.45) is -4.09. The van der Waals surface area contributed by atoms with Crippen molar-refractivity contribution < 1.29 is 18.0 Å². The molecule has 1 aromatic heterocycles. The molecule has 1 aliphatic carbocycles. The molecule has 4 nitrogen and oxygen atoms in total. The number of carbonyl (C=O) groups is 1. The van der Waals surface area contributed by atoms with Crippen molar-refractivity contribution in [1.82, 2.24) is 10.2 Å². The van der Waals surface area contributed by atoms with Crippen molar-refractivity contribution in [3.05, 3.63) is 39.0 Å². The maximum absolute atomic E-state index is 12.8. The molecular weight excluding hydrogens is 366 g/mol. The average Bonchev–Trinajstić information content (AvgIpc) is 2.85. The van der Waals surface area contributed by atoms with Crippen LogP contribution in [0.1, 0.15) is 35.6 Å². The van der Waals surface area contributed by atoms with Crippen LogP contribution in [0, 0.1) is 11.3 Å². The van der Waals surface area contributed by atoms with Gasteiger partial charge in [0.2, 0.25) is 0 Å². The van der Waals surface area contributed by atoms with Crippen molar-refractivity contribution >= 4 is 29.0 Å². The van der Waals surface area contributed by atoms with E-state index in [-0.39, 0.29) is 51.5 Å². The van der Waals surface area contributed by atoms with E-state index in [1.165, 1.54) is 0 Å². The Kier molecular flexibility index (Phi) is 4.06. The number of hydrogen-bond acceptors (Lipinski definition) is 3. The zero-order chi connectivity index (χ0) is 17.6. The van der Waals surface area contributed by atoms with Crippen molar-refractivity contribution in [3.8, 4) is 17.3 Å². The molecule has 0 bridgehead atoms. The Morgan fingerprint density at radius 1 is 1.25 bits per heavy atom. The molecule has 0 spiro atoms. The van der Waals surface area contributed by atoms with E-state index in [1.54, 1.807) is 0 Å². The van der Waals surface area contributed by atoms with E-state index in [2.05, 4.69) is 10.2 Å². The highest BCUT2D eigenvalue weighted by Crippen LogP contribution is 2.45. The maximum Gasteiger partial charge on any atom is 0.416 e. The summed E-state index contributed by atoms with van der Waals surface area (Å²) in [6, 6.07) is 3.44. The molecule has 0 unspecified atom stereocenters. The molecule has 0 aliphatic heterocycles. The molecule has 9 heteroatoms. The molecule has 24 heavy (non-hydrogen) atoms. The van der Waals surface area contributed by atoms with Gasteiger partial charge in [0, 0.05) is 29.9 Å². The second-order valence-electron chi connectivity index (χ2n) is 5.43. The van der Waals surface area contributed by atoms with Crippen molar-refractivity contribution in [2.45, 2.75) is 24.9 Å². The first-order valence-corrected chi connectivity index (χ1v) is 7.54. The molecule has 0 atom stereocenters. The molecule has 0 amide bonds. The first kappa shape index (κ1) is 16.8. The van der Waals surface area contributed by atoms with Gasteiger partial charge in [0.15, 0.2) is 5.69 Å². The number of aromatic amines is 1. The number of nitrogens with one attached hydrogen (secondary N) is 1. The lowest BCUT2D eigenvalue weighted by atomic mass is 9.77. The number of nitrogens with zero attached hydrogens (tertiary/aromatic N) is 2. The summed E-state index contributed by atoms with van der Waals surface area (Å²) in [4.78, 5) is 11.3. The Morgan fingerprint density at radius 3 is 2.29 bits per heavy atom. The summed E-state index contributed by atoms with van der Waals surface area (Å²) in [5.41, 5.74) is -0.0284. The number of H-pyrrole nitrogens is 1. The Hall–Kier alpha value is -2.04. The Bertz CT molecular complexity index is 852. The fraction of sp³-hybridized carbons (Fsp3) is 0.267. The molecular formula is C15H8Cl2F3N3O. The van der Waals surface area contributed by atoms with E-state index in [0.29, 0.717) is 5.56 Å². The summed E-state index contributed by atoms with van der Waals surface area (Å²) in [5.74, 6) is -0.184. The highest BCUT2D eigenvalue weighted by molar-refractivity contribution is 6.39. The number of rotatable bonds is 2. The number of halogens is 5. The quantitative estimate of drug-likeness (QED) is 0.827. The lowest BCUT2D eigenvalue weighted by molar-refractivity contribution is -0.137. The van der Waals surface area contributed by atoms with Crippen LogP contribution in [0.15, 0.2) is 12.1 Å². The minimum Gasteiger partial charge on any atom is -0.300 e. The molecule has 1 N–H and O–H groups in total. The van der Waals surface area contributed by atoms with Gasteiger partial charge in [-0.05, 0) is 12.1 Å². The Labute approximate surface area is 144 Å². The first-order chi connectivity index (χ1) is 11.2.